The summed E-state index contributed by atoms with van der Waals surface area (Å²) in [5, 5.41) is 3.71. The fourth-order valence-electron chi connectivity index (χ4n) is 2.86. The Balaban J connectivity index is 1.78. The molecule has 1 fully saturated rings. The highest BCUT2D eigenvalue weighted by Gasteiger charge is 2.22. The van der Waals surface area contributed by atoms with Crippen molar-refractivity contribution in [2.45, 2.75) is 6.54 Å². The van der Waals surface area contributed by atoms with E-state index in [1.807, 2.05) is 24.3 Å². The van der Waals surface area contributed by atoms with Crippen molar-refractivity contribution in [2.24, 2.45) is 0 Å². The van der Waals surface area contributed by atoms with Gasteiger partial charge in [0, 0.05) is 29.2 Å². The van der Waals surface area contributed by atoms with Gasteiger partial charge in [-0.2, -0.15) is 0 Å². The Kier molecular flexibility index (Phi) is 3.96. The second-order valence-corrected chi connectivity index (χ2v) is 6.99. The van der Waals surface area contributed by atoms with Gasteiger partial charge in [0.1, 0.15) is 4.99 Å². The summed E-state index contributed by atoms with van der Waals surface area (Å²) in [6, 6.07) is 18.7. The molecule has 1 aromatic heterocycles. The van der Waals surface area contributed by atoms with Gasteiger partial charge in [0.15, 0.2) is 0 Å². The second-order valence-electron chi connectivity index (χ2n) is 5.57. The van der Waals surface area contributed by atoms with E-state index in [0.717, 1.165) is 34.2 Å². The summed E-state index contributed by atoms with van der Waals surface area (Å²) in [6.07, 6.45) is 4.12. The van der Waals surface area contributed by atoms with Crippen LogP contribution in [0.3, 0.4) is 0 Å². The summed E-state index contributed by atoms with van der Waals surface area (Å²) in [7, 11) is 0. The van der Waals surface area contributed by atoms with Crippen molar-refractivity contribution in [3.8, 4) is 0 Å². The third-order valence-electron chi connectivity index (χ3n) is 3.94. The first-order valence-electron chi connectivity index (χ1n) is 7.57. The molecule has 3 aromatic rings. The van der Waals surface area contributed by atoms with Gasteiger partial charge in [-0.15, -0.1) is 0 Å². The quantitative estimate of drug-likeness (QED) is 0.543. The fourth-order valence-corrected chi connectivity index (χ4v) is 3.89. The molecule has 2 aromatic carbocycles. The van der Waals surface area contributed by atoms with E-state index in [1.54, 1.807) is 0 Å². The van der Waals surface area contributed by atoms with E-state index in [0.29, 0.717) is 4.99 Å². The predicted molar refractivity (Wildman–Crippen MR) is 104 cm³/mol. The molecular weight excluding hydrogens is 336 g/mol. The molecule has 1 aliphatic heterocycles. The van der Waals surface area contributed by atoms with E-state index < -0.39 is 0 Å². The van der Waals surface area contributed by atoms with Gasteiger partial charge in [-0.25, -0.2) is 0 Å². The van der Waals surface area contributed by atoms with Crippen molar-refractivity contribution in [3.05, 3.63) is 76.8 Å². The number of amides is 1. The first kappa shape index (κ1) is 15.2. The van der Waals surface area contributed by atoms with Crippen molar-refractivity contribution in [1.82, 2.24) is 9.88 Å². The Morgan fingerprint density at radius 2 is 1.83 bits per heavy atom. The maximum absolute atomic E-state index is 11.5. The number of fused-ring (bicyclic) bond motifs is 1. The van der Waals surface area contributed by atoms with Crippen LogP contribution in [0.4, 0.5) is 4.79 Å². The van der Waals surface area contributed by atoms with E-state index in [2.05, 4.69) is 52.5 Å². The number of hydrogen-bond donors (Lipinski definition) is 1. The number of aromatic nitrogens is 1. The maximum Gasteiger partial charge on any atom is 0.289 e. The van der Waals surface area contributed by atoms with Gasteiger partial charge in [-0.1, -0.05) is 60.7 Å². The third kappa shape index (κ3) is 2.88. The molecule has 1 saturated heterocycles. The standard InChI is InChI=1S/C19H14N2OS2/c22-19-20-18(23)17(24-19)10-14-12-21(11-13-6-2-1-3-7-13)16-9-5-4-8-15(14)16/h1-10,12H,11H2,(H,20,22,23). The van der Waals surface area contributed by atoms with Crippen LogP contribution < -0.4 is 5.32 Å². The molecule has 118 valence electrons. The summed E-state index contributed by atoms with van der Waals surface area (Å²) >= 11 is 6.37. The van der Waals surface area contributed by atoms with Gasteiger partial charge in [-0.3, -0.25) is 4.79 Å². The molecule has 3 nitrogen and oxygen atoms in total. The molecule has 0 bridgehead atoms. The Labute approximate surface area is 149 Å². The highest BCUT2D eigenvalue weighted by molar-refractivity contribution is 8.19. The number of carbonyl (C=O) groups is 1. The van der Waals surface area contributed by atoms with Crippen molar-refractivity contribution >= 4 is 51.2 Å². The number of hydrogen-bond acceptors (Lipinski definition) is 3. The van der Waals surface area contributed by atoms with Gasteiger partial charge in [0.05, 0.1) is 4.91 Å². The summed E-state index contributed by atoms with van der Waals surface area (Å²) in [4.78, 5) is 12.8. The minimum absolute atomic E-state index is 0.112. The second kappa shape index (κ2) is 6.26. The first-order chi connectivity index (χ1) is 11.7. The highest BCUT2D eigenvalue weighted by Crippen LogP contribution is 2.30. The Morgan fingerprint density at radius 1 is 1.08 bits per heavy atom. The first-order valence-corrected chi connectivity index (χ1v) is 8.80. The molecule has 0 unspecified atom stereocenters. The van der Waals surface area contributed by atoms with E-state index in [1.165, 1.54) is 11.1 Å². The van der Waals surface area contributed by atoms with Crippen LogP contribution in [0.25, 0.3) is 17.0 Å². The zero-order valence-electron chi connectivity index (χ0n) is 12.7. The van der Waals surface area contributed by atoms with Crippen LogP contribution in [0.15, 0.2) is 65.7 Å². The number of nitrogens with zero attached hydrogens (tertiary/aromatic N) is 1. The average molecular weight is 350 g/mol. The van der Waals surface area contributed by atoms with Crippen LogP contribution in [0.5, 0.6) is 0 Å². The molecule has 1 amide bonds. The van der Waals surface area contributed by atoms with Crippen LogP contribution in [0, 0.1) is 0 Å². The van der Waals surface area contributed by atoms with Crippen molar-refractivity contribution in [2.75, 3.05) is 0 Å². The highest BCUT2D eigenvalue weighted by atomic mass is 32.2. The number of nitrogens with one attached hydrogen (secondary N) is 1. The van der Waals surface area contributed by atoms with E-state index in [4.69, 9.17) is 12.2 Å². The Bertz CT molecular complexity index is 973. The molecule has 5 heteroatoms. The maximum atomic E-state index is 11.5. The van der Waals surface area contributed by atoms with Gasteiger partial charge in [0.2, 0.25) is 0 Å². The molecule has 1 aliphatic rings. The number of thioether (sulfide) groups is 1. The van der Waals surface area contributed by atoms with E-state index >= 15 is 0 Å². The molecule has 1 N–H and O–H groups in total. The largest absolute Gasteiger partial charge is 0.342 e. The predicted octanol–water partition coefficient (Wildman–Crippen LogP) is 4.81. The van der Waals surface area contributed by atoms with Crippen LogP contribution in [0.2, 0.25) is 0 Å². The number of thiocarbonyl (C=S) groups is 1. The van der Waals surface area contributed by atoms with Crippen LogP contribution >= 0.6 is 24.0 Å². The lowest BCUT2D eigenvalue weighted by Crippen LogP contribution is -2.15. The number of para-hydroxylation sites is 1. The molecule has 4 rings (SSSR count). The summed E-state index contributed by atoms with van der Waals surface area (Å²) in [5.74, 6) is 0. The minimum atomic E-state index is -0.112. The lowest BCUT2D eigenvalue weighted by atomic mass is 10.1. The number of rotatable bonds is 3. The molecule has 0 aliphatic carbocycles. The topological polar surface area (TPSA) is 34.0 Å². The van der Waals surface area contributed by atoms with E-state index in [-0.39, 0.29) is 5.24 Å². The molecule has 0 spiro atoms. The van der Waals surface area contributed by atoms with Crippen molar-refractivity contribution in [3.63, 3.8) is 0 Å². The normalized spacial score (nSPS) is 16.1. The van der Waals surface area contributed by atoms with Crippen LogP contribution in [0.1, 0.15) is 11.1 Å². The monoisotopic (exact) mass is 350 g/mol. The Morgan fingerprint density at radius 3 is 2.58 bits per heavy atom. The minimum Gasteiger partial charge on any atom is -0.342 e. The van der Waals surface area contributed by atoms with Crippen molar-refractivity contribution in [1.29, 1.82) is 0 Å². The molecule has 0 saturated carbocycles. The SMILES string of the molecule is O=C1NC(=S)C(=Cc2cn(Cc3ccccc3)c3ccccc23)S1. The number of carbonyl (C=O) groups excluding carboxylic acids is 1. The average Bonchev–Trinajstić information content (AvgIpc) is 3.09. The molecule has 2 heterocycles. The molecular formula is C19H14N2OS2. The van der Waals surface area contributed by atoms with Crippen molar-refractivity contribution < 1.29 is 4.79 Å². The van der Waals surface area contributed by atoms with Gasteiger partial charge in [0.25, 0.3) is 5.24 Å². The lowest BCUT2D eigenvalue weighted by molar-refractivity contribution is 0.265. The summed E-state index contributed by atoms with van der Waals surface area (Å²) < 4.78 is 2.23. The van der Waals surface area contributed by atoms with Gasteiger partial charge >= 0.3 is 0 Å². The zero-order valence-corrected chi connectivity index (χ0v) is 14.4. The zero-order chi connectivity index (χ0) is 16.5. The summed E-state index contributed by atoms with van der Waals surface area (Å²) in [5.41, 5.74) is 3.49. The van der Waals surface area contributed by atoms with Gasteiger partial charge < -0.3 is 9.88 Å². The summed E-state index contributed by atoms with van der Waals surface area (Å²) in [6.45, 7) is 0.805. The molecule has 0 radical (unpaired) electrons. The third-order valence-corrected chi connectivity index (χ3v) is 5.22. The number of benzene rings is 2. The lowest BCUT2D eigenvalue weighted by Gasteiger charge is -2.05. The smallest absolute Gasteiger partial charge is 0.289 e. The Hall–Kier alpha value is -2.37. The van der Waals surface area contributed by atoms with Gasteiger partial charge in [-0.05, 0) is 29.5 Å². The van der Waals surface area contributed by atoms with E-state index in [9.17, 15) is 4.79 Å². The van der Waals surface area contributed by atoms with Crippen LogP contribution in [-0.4, -0.2) is 14.8 Å². The van der Waals surface area contributed by atoms with Crippen LogP contribution in [-0.2, 0) is 6.54 Å². The molecule has 0 atom stereocenters. The molecule has 24 heavy (non-hydrogen) atoms. The fraction of sp³-hybridized carbons (Fsp3) is 0.0526.